The van der Waals surface area contributed by atoms with Crippen molar-refractivity contribution < 1.29 is 4.39 Å². The Morgan fingerprint density at radius 3 is 2.46 bits per heavy atom. The summed E-state index contributed by atoms with van der Waals surface area (Å²) >= 11 is 16.8. The Hall–Kier alpha value is 0.760. The zero-order valence-electron chi connectivity index (χ0n) is 7.49. The fourth-order valence-electron chi connectivity index (χ4n) is 1.49. The molecule has 5 heteroatoms. The van der Waals surface area contributed by atoms with E-state index in [0.29, 0.717) is 25.9 Å². The lowest BCUT2D eigenvalue weighted by Crippen LogP contribution is -2.28. The van der Waals surface area contributed by atoms with Crippen molar-refractivity contribution >= 4 is 34.8 Å². The molecule has 0 saturated carbocycles. The second-order valence-electron chi connectivity index (χ2n) is 3.80. The van der Waals surface area contributed by atoms with Crippen molar-refractivity contribution in [2.24, 2.45) is 0 Å². The molecule has 0 aliphatic carbocycles. The zero-order valence-corrected chi connectivity index (χ0v) is 9.76. The lowest BCUT2D eigenvalue weighted by atomic mass is 10.1. The standard InChI is InChI=1S/C8H13Cl3FN/c1-7(12)2-4-13(6-7)5-3-8(9,10)11/h2-6H2,1H3. The summed E-state index contributed by atoms with van der Waals surface area (Å²) in [6.07, 6.45) is 1.03. The van der Waals surface area contributed by atoms with Crippen LogP contribution in [-0.2, 0) is 0 Å². The van der Waals surface area contributed by atoms with Crippen LogP contribution >= 0.6 is 34.8 Å². The summed E-state index contributed by atoms with van der Waals surface area (Å²) in [5, 5.41) is 0. The fourth-order valence-corrected chi connectivity index (χ4v) is 1.74. The van der Waals surface area contributed by atoms with Gasteiger partial charge >= 0.3 is 0 Å². The number of alkyl halides is 4. The first-order valence-electron chi connectivity index (χ1n) is 4.27. The van der Waals surface area contributed by atoms with Gasteiger partial charge in [-0.2, -0.15) is 0 Å². The van der Waals surface area contributed by atoms with Crippen molar-refractivity contribution in [3.8, 4) is 0 Å². The zero-order chi connectivity index (χ0) is 10.1. The van der Waals surface area contributed by atoms with E-state index in [-0.39, 0.29) is 0 Å². The van der Waals surface area contributed by atoms with Crippen LogP contribution in [0.2, 0.25) is 0 Å². The Balaban J connectivity index is 2.25. The molecule has 1 fully saturated rings. The molecule has 1 heterocycles. The summed E-state index contributed by atoms with van der Waals surface area (Å²) < 4.78 is 12.1. The molecular weight excluding hydrogens is 235 g/mol. The molecule has 0 radical (unpaired) electrons. The molecule has 1 aliphatic rings. The van der Waals surface area contributed by atoms with Crippen molar-refractivity contribution in [2.75, 3.05) is 19.6 Å². The van der Waals surface area contributed by atoms with Crippen LogP contribution in [0.15, 0.2) is 0 Å². The molecule has 0 spiro atoms. The van der Waals surface area contributed by atoms with Crippen LogP contribution in [0.4, 0.5) is 4.39 Å². The maximum atomic E-state index is 13.3. The van der Waals surface area contributed by atoms with E-state index in [4.69, 9.17) is 34.8 Å². The smallest absolute Gasteiger partial charge is 0.191 e. The van der Waals surface area contributed by atoms with Gasteiger partial charge in [-0.15, -0.1) is 0 Å². The number of hydrogen-bond acceptors (Lipinski definition) is 1. The van der Waals surface area contributed by atoms with Crippen LogP contribution in [0.25, 0.3) is 0 Å². The highest BCUT2D eigenvalue weighted by molar-refractivity contribution is 6.67. The molecule has 1 saturated heterocycles. The van der Waals surface area contributed by atoms with E-state index < -0.39 is 9.46 Å². The van der Waals surface area contributed by atoms with E-state index in [2.05, 4.69) is 0 Å². The van der Waals surface area contributed by atoms with Gasteiger partial charge in [0.1, 0.15) is 5.67 Å². The number of rotatable bonds is 2. The van der Waals surface area contributed by atoms with Crippen molar-refractivity contribution in [1.82, 2.24) is 4.90 Å². The summed E-state index contributed by atoms with van der Waals surface area (Å²) in [5.74, 6) is 0. The molecule has 1 unspecified atom stereocenters. The third-order valence-corrected chi connectivity index (χ3v) is 2.78. The molecule has 0 aromatic rings. The van der Waals surface area contributed by atoms with Crippen LogP contribution in [0, 0.1) is 0 Å². The molecule has 1 atom stereocenters. The summed E-state index contributed by atoms with van der Waals surface area (Å²) in [6, 6.07) is 0. The fraction of sp³-hybridized carbons (Fsp3) is 1.00. The van der Waals surface area contributed by atoms with E-state index >= 15 is 0 Å². The molecular formula is C8H13Cl3FN. The predicted molar refractivity (Wildman–Crippen MR) is 55.5 cm³/mol. The van der Waals surface area contributed by atoms with E-state index in [0.717, 1.165) is 6.54 Å². The molecule has 0 aromatic heterocycles. The van der Waals surface area contributed by atoms with Gasteiger partial charge in [0.2, 0.25) is 0 Å². The Morgan fingerprint density at radius 1 is 1.46 bits per heavy atom. The maximum absolute atomic E-state index is 13.3. The SMILES string of the molecule is CC1(F)CCN(CCC(Cl)(Cl)Cl)C1. The van der Waals surface area contributed by atoms with Gasteiger partial charge in [-0.05, 0) is 13.3 Å². The Labute approximate surface area is 93.1 Å². The number of halogens is 4. The number of nitrogens with zero attached hydrogens (tertiary/aromatic N) is 1. The normalized spacial score (nSPS) is 31.2. The predicted octanol–water partition coefficient (Wildman–Crippen LogP) is 3.18. The Kier molecular flexibility index (Phi) is 3.73. The highest BCUT2D eigenvalue weighted by Gasteiger charge is 2.34. The molecule has 0 amide bonds. The van der Waals surface area contributed by atoms with Crippen LogP contribution in [0.5, 0.6) is 0 Å². The van der Waals surface area contributed by atoms with Crippen LogP contribution in [0.3, 0.4) is 0 Å². The third-order valence-electron chi connectivity index (χ3n) is 2.21. The Bertz CT molecular complexity index is 179. The highest BCUT2D eigenvalue weighted by atomic mass is 35.6. The van der Waals surface area contributed by atoms with Crippen LogP contribution < -0.4 is 0 Å². The van der Waals surface area contributed by atoms with E-state index in [9.17, 15) is 4.39 Å². The molecule has 1 rings (SSSR count). The van der Waals surface area contributed by atoms with Gasteiger partial charge in [0.05, 0.1) is 0 Å². The molecule has 1 nitrogen and oxygen atoms in total. The van der Waals surface area contributed by atoms with Gasteiger partial charge in [-0.1, -0.05) is 34.8 Å². The highest BCUT2D eigenvalue weighted by Crippen LogP contribution is 2.32. The second-order valence-corrected chi connectivity index (χ2v) is 6.32. The van der Waals surface area contributed by atoms with Gasteiger partial charge in [0, 0.05) is 26.1 Å². The average Bonchev–Trinajstić information content (AvgIpc) is 2.24. The van der Waals surface area contributed by atoms with Crippen molar-refractivity contribution in [1.29, 1.82) is 0 Å². The van der Waals surface area contributed by atoms with Gasteiger partial charge in [-0.3, -0.25) is 4.90 Å². The third kappa shape index (κ3) is 4.68. The van der Waals surface area contributed by atoms with E-state index in [1.807, 2.05) is 4.90 Å². The van der Waals surface area contributed by atoms with Gasteiger partial charge in [-0.25, -0.2) is 4.39 Å². The lowest BCUT2D eigenvalue weighted by molar-refractivity contribution is 0.188. The first-order valence-corrected chi connectivity index (χ1v) is 5.40. The van der Waals surface area contributed by atoms with Gasteiger partial charge < -0.3 is 0 Å². The van der Waals surface area contributed by atoms with E-state index in [1.54, 1.807) is 6.92 Å². The first kappa shape index (κ1) is 11.8. The molecule has 78 valence electrons. The summed E-state index contributed by atoms with van der Waals surface area (Å²) in [7, 11) is 0. The minimum Gasteiger partial charge on any atom is -0.300 e. The molecule has 13 heavy (non-hydrogen) atoms. The quantitative estimate of drug-likeness (QED) is 0.679. The van der Waals surface area contributed by atoms with Crippen LogP contribution in [0.1, 0.15) is 19.8 Å². The topological polar surface area (TPSA) is 3.24 Å². The monoisotopic (exact) mass is 247 g/mol. The number of hydrogen-bond donors (Lipinski definition) is 0. The first-order chi connectivity index (χ1) is 5.79. The summed E-state index contributed by atoms with van der Waals surface area (Å²) in [6.45, 7) is 3.47. The lowest BCUT2D eigenvalue weighted by Gasteiger charge is -2.19. The van der Waals surface area contributed by atoms with Crippen molar-refractivity contribution in [3.63, 3.8) is 0 Å². The minimum atomic E-state index is -1.21. The molecule has 1 aliphatic heterocycles. The van der Waals surface area contributed by atoms with Crippen molar-refractivity contribution in [3.05, 3.63) is 0 Å². The largest absolute Gasteiger partial charge is 0.300 e. The second kappa shape index (κ2) is 4.09. The van der Waals surface area contributed by atoms with Crippen molar-refractivity contribution in [2.45, 2.75) is 29.2 Å². The Morgan fingerprint density at radius 2 is 2.08 bits per heavy atom. The van der Waals surface area contributed by atoms with Gasteiger partial charge in [0.25, 0.3) is 0 Å². The molecule has 0 aromatic carbocycles. The summed E-state index contributed by atoms with van der Waals surface area (Å²) in [4.78, 5) is 1.99. The van der Waals surface area contributed by atoms with Gasteiger partial charge in [0.15, 0.2) is 3.79 Å². The van der Waals surface area contributed by atoms with Crippen LogP contribution in [-0.4, -0.2) is 34.0 Å². The average molecular weight is 249 g/mol. The summed E-state index contributed by atoms with van der Waals surface area (Å²) in [5.41, 5.74) is -1.06. The minimum absolute atomic E-state index is 0.452. The number of likely N-dealkylation sites (tertiary alicyclic amines) is 1. The molecule has 0 N–H and O–H groups in total. The molecule has 0 bridgehead atoms. The maximum Gasteiger partial charge on any atom is 0.191 e. The van der Waals surface area contributed by atoms with E-state index in [1.165, 1.54) is 0 Å².